The molecule has 0 radical (unpaired) electrons. The van der Waals surface area contributed by atoms with E-state index in [1.165, 1.54) is 0 Å². The zero-order valence-corrected chi connectivity index (χ0v) is 11.1. The highest BCUT2D eigenvalue weighted by Crippen LogP contribution is 2.34. The fourth-order valence-corrected chi connectivity index (χ4v) is 2.37. The van der Waals surface area contributed by atoms with Gasteiger partial charge in [-0.15, -0.1) is 0 Å². The number of rotatable bonds is 4. The number of nitrogens with zero attached hydrogens (tertiary/aromatic N) is 2. The lowest BCUT2D eigenvalue weighted by Crippen LogP contribution is -2.27. The molecule has 3 amide bonds. The summed E-state index contributed by atoms with van der Waals surface area (Å²) in [6.07, 6.45) is 0.296. The van der Waals surface area contributed by atoms with Crippen LogP contribution in [0.4, 0.5) is 16.2 Å². The normalized spacial score (nSPS) is 23.6. The third-order valence-corrected chi connectivity index (χ3v) is 3.67. The monoisotopic (exact) mass is 290 g/mol. The third-order valence-electron chi connectivity index (χ3n) is 3.67. The van der Waals surface area contributed by atoms with Gasteiger partial charge < -0.3 is 10.6 Å². The predicted octanol–water partition coefficient (Wildman–Crippen LogP) is 0.820. The SMILES string of the molecule is O=C(Nc1ccc(N2CCNC2=O)cc1)[C@@H]1C[C@H]1[N+](=O)[O-]. The molecule has 1 aliphatic heterocycles. The first-order valence-electron chi connectivity index (χ1n) is 6.66. The Kier molecular flexibility index (Phi) is 3.20. The van der Waals surface area contributed by atoms with E-state index in [2.05, 4.69) is 10.6 Å². The molecule has 2 aliphatic rings. The molecule has 21 heavy (non-hydrogen) atoms. The maximum Gasteiger partial charge on any atom is 0.321 e. The van der Waals surface area contributed by atoms with Crippen LogP contribution in [0.25, 0.3) is 0 Å². The van der Waals surface area contributed by atoms with Gasteiger partial charge in [-0.1, -0.05) is 0 Å². The van der Waals surface area contributed by atoms with Crippen molar-refractivity contribution in [3.05, 3.63) is 34.4 Å². The Morgan fingerprint density at radius 2 is 2.10 bits per heavy atom. The summed E-state index contributed by atoms with van der Waals surface area (Å²) in [4.78, 5) is 35.0. The number of urea groups is 1. The fraction of sp³-hybridized carbons (Fsp3) is 0.385. The van der Waals surface area contributed by atoms with E-state index >= 15 is 0 Å². The molecule has 0 aromatic heterocycles. The van der Waals surface area contributed by atoms with E-state index in [1.807, 2.05) is 0 Å². The molecule has 3 rings (SSSR count). The zero-order valence-electron chi connectivity index (χ0n) is 11.1. The topological polar surface area (TPSA) is 105 Å². The summed E-state index contributed by atoms with van der Waals surface area (Å²) in [6, 6.07) is 5.94. The molecule has 8 heteroatoms. The molecule has 2 fully saturated rings. The van der Waals surface area contributed by atoms with Crippen LogP contribution in [0.2, 0.25) is 0 Å². The summed E-state index contributed by atoms with van der Waals surface area (Å²) in [5.74, 6) is -0.868. The molecular formula is C13H14N4O4. The Balaban J connectivity index is 1.61. The van der Waals surface area contributed by atoms with Gasteiger partial charge in [-0.25, -0.2) is 4.79 Å². The van der Waals surface area contributed by atoms with Gasteiger partial charge in [-0.05, 0) is 24.3 Å². The highest BCUT2D eigenvalue weighted by molar-refractivity contribution is 5.96. The molecule has 1 heterocycles. The summed E-state index contributed by atoms with van der Waals surface area (Å²) >= 11 is 0. The lowest BCUT2D eigenvalue weighted by Gasteiger charge is -2.14. The van der Waals surface area contributed by atoms with Crippen molar-refractivity contribution < 1.29 is 14.5 Å². The predicted molar refractivity (Wildman–Crippen MR) is 74.7 cm³/mol. The second-order valence-corrected chi connectivity index (χ2v) is 5.11. The Hall–Kier alpha value is -2.64. The Morgan fingerprint density at radius 3 is 2.62 bits per heavy atom. The first-order valence-corrected chi connectivity index (χ1v) is 6.66. The van der Waals surface area contributed by atoms with Crippen molar-refractivity contribution in [3.8, 4) is 0 Å². The van der Waals surface area contributed by atoms with E-state index in [-0.39, 0.29) is 11.9 Å². The molecule has 2 atom stereocenters. The van der Waals surface area contributed by atoms with Crippen LogP contribution in [-0.4, -0.2) is 36.0 Å². The van der Waals surface area contributed by atoms with Crippen LogP contribution in [0.1, 0.15) is 6.42 Å². The van der Waals surface area contributed by atoms with Crippen LogP contribution in [-0.2, 0) is 4.79 Å². The van der Waals surface area contributed by atoms with Crippen molar-refractivity contribution in [2.75, 3.05) is 23.3 Å². The van der Waals surface area contributed by atoms with Crippen molar-refractivity contribution in [2.24, 2.45) is 5.92 Å². The number of carbonyl (C=O) groups excluding carboxylic acids is 2. The van der Waals surface area contributed by atoms with E-state index in [1.54, 1.807) is 29.2 Å². The smallest absolute Gasteiger partial charge is 0.321 e. The van der Waals surface area contributed by atoms with Crippen molar-refractivity contribution in [1.29, 1.82) is 0 Å². The maximum atomic E-state index is 11.8. The Bertz CT molecular complexity index is 601. The van der Waals surface area contributed by atoms with Crippen LogP contribution in [0, 0.1) is 16.0 Å². The second kappa shape index (κ2) is 5.04. The van der Waals surface area contributed by atoms with Crippen LogP contribution in [0.5, 0.6) is 0 Å². The average Bonchev–Trinajstić information content (AvgIpc) is 3.16. The molecule has 0 bridgehead atoms. The van der Waals surface area contributed by atoms with Gasteiger partial charge in [0.15, 0.2) is 0 Å². The summed E-state index contributed by atoms with van der Waals surface area (Å²) < 4.78 is 0. The van der Waals surface area contributed by atoms with Gasteiger partial charge in [0, 0.05) is 35.8 Å². The molecular weight excluding hydrogens is 276 g/mol. The number of carbonyl (C=O) groups is 2. The summed E-state index contributed by atoms with van der Waals surface area (Å²) in [5.41, 5.74) is 1.31. The molecule has 1 saturated carbocycles. The highest BCUT2D eigenvalue weighted by Gasteiger charge is 2.53. The van der Waals surface area contributed by atoms with E-state index in [0.29, 0.717) is 25.2 Å². The van der Waals surface area contributed by atoms with E-state index in [9.17, 15) is 19.7 Å². The molecule has 1 aliphatic carbocycles. The summed E-state index contributed by atoms with van der Waals surface area (Å²) in [7, 11) is 0. The zero-order chi connectivity index (χ0) is 15.0. The molecule has 8 nitrogen and oxygen atoms in total. The summed E-state index contributed by atoms with van der Waals surface area (Å²) in [5, 5.41) is 15.9. The van der Waals surface area contributed by atoms with Crippen LogP contribution in [0.15, 0.2) is 24.3 Å². The lowest BCUT2D eigenvalue weighted by atomic mass is 10.2. The minimum Gasteiger partial charge on any atom is -0.336 e. The minimum absolute atomic E-state index is 0.140. The van der Waals surface area contributed by atoms with E-state index < -0.39 is 16.9 Å². The number of hydrogen-bond donors (Lipinski definition) is 2. The van der Waals surface area contributed by atoms with Crippen LogP contribution >= 0.6 is 0 Å². The quantitative estimate of drug-likeness (QED) is 0.632. The molecule has 1 saturated heterocycles. The van der Waals surface area contributed by atoms with Crippen LogP contribution in [0.3, 0.4) is 0 Å². The third kappa shape index (κ3) is 2.64. The first kappa shape index (κ1) is 13.3. The van der Waals surface area contributed by atoms with Crippen molar-refractivity contribution in [2.45, 2.75) is 12.5 Å². The van der Waals surface area contributed by atoms with Crippen LogP contribution < -0.4 is 15.5 Å². The standard InChI is InChI=1S/C13H14N4O4/c18-12(10-7-11(10)17(20)21)15-8-1-3-9(4-2-8)16-6-5-14-13(16)19/h1-4,10-11H,5-7H2,(H,14,19)(H,15,18)/t10-,11-/m1/s1. The molecule has 2 N–H and O–H groups in total. The number of benzene rings is 1. The van der Waals surface area contributed by atoms with Gasteiger partial charge >= 0.3 is 6.03 Å². The van der Waals surface area contributed by atoms with Gasteiger partial charge in [0.1, 0.15) is 5.92 Å². The molecule has 0 unspecified atom stereocenters. The minimum atomic E-state index is -0.752. The van der Waals surface area contributed by atoms with Gasteiger partial charge in [0.25, 0.3) is 0 Å². The van der Waals surface area contributed by atoms with Crippen molar-refractivity contribution >= 4 is 23.3 Å². The molecule has 0 spiro atoms. The number of nitrogens with one attached hydrogen (secondary N) is 2. The number of amides is 3. The van der Waals surface area contributed by atoms with Crippen molar-refractivity contribution in [3.63, 3.8) is 0 Å². The van der Waals surface area contributed by atoms with Gasteiger partial charge in [0.2, 0.25) is 11.9 Å². The summed E-state index contributed by atoms with van der Waals surface area (Å²) in [6.45, 7) is 1.22. The first-order chi connectivity index (χ1) is 10.1. The van der Waals surface area contributed by atoms with E-state index in [0.717, 1.165) is 5.69 Å². The largest absolute Gasteiger partial charge is 0.336 e. The van der Waals surface area contributed by atoms with Gasteiger partial charge in [0.05, 0.1) is 0 Å². The maximum absolute atomic E-state index is 11.8. The van der Waals surface area contributed by atoms with Gasteiger partial charge in [-0.3, -0.25) is 19.8 Å². The lowest BCUT2D eigenvalue weighted by molar-refractivity contribution is -0.497. The average molecular weight is 290 g/mol. The van der Waals surface area contributed by atoms with Gasteiger partial charge in [-0.2, -0.15) is 0 Å². The molecule has 1 aromatic carbocycles. The number of nitro groups is 1. The number of anilines is 2. The highest BCUT2D eigenvalue weighted by atomic mass is 16.6. The fourth-order valence-electron chi connectivity index (χ4n) is 2.37. The van der Waals surface area contributed by atoms with Crippen molar-refractivity contribution in [1.82, 2.24) is 5.32 Å². The number of hydrogen-bond acceptors (Lipinski definition) is 4. The van der Waals surface area contributed by atoms with E-state index in [4.69, 9.17) is 0 Å². The second-order valence-electron chi connectivity index (χ2n) is 5.11. The Morgan fingerprint density at radius 1 is 1.38 bits per heavy atom. The molecule has 1 aromatic rings. The molecule has 110 valence electrons. The Labute approximate surface area is 120 Å².